The highest BCUT2D eigenvalue weighted by Gasteiger charge is 1.96. The van der Waals surface area contributed by atoms with Crippen LogP contribution in [-0.2, 0) is 0 Å². The third-order valence-corrected chi connectivity index (χ3v) is 1.79. The van der Waals surface area contributed by atoms with E-state index in [1.807, 2.05) is 12.1 Å². The topological polar surface area (TPSA) is 66.0 Å². The average Bonchev–Trinajstić information content (AvgIpc) is 2.32. The number of hydrogen-bond donors (Lipinski definition) is 0. The van der Waals surface area contributed by atoms with Crippen LogP contribution in [0, 0.1) is 22.7 Å². The highest BCUT2D eigenvalue weighted by molar-refractivity contribution is 5.31. The molecule has 0 radical (unpaired) electrons. The monoisotopic (exact) mass is 216 g/mol. The van der Waals surface area contributed by atoms with Gasteiger partial charge in [0.15, 0.2) is 0 Å². The first-order chi connectivity index (χ1) is 7.86. The van der Waals surface area contributed by atoms with Crippen molar-refractivity contribution in [2.75, 3.05) is 13.2 Å². The van der Waals surface area contributed by atoms with Crippen LogP contribution in [0.15, 0.2) is 24.3 Å². The molecule has 0 aliphatic carbocycles. The predicted octanol–water partition coefficient (Wildman–Crippen LogP) is 2.27. The molecule has 0 spiro atoms. The molecule has 0 fully saturated rings. The van der Waals surface area contributed by atoms with Crippen molar-refractivity contribution in [2.45, 2.75) is 12.8 Å². The van der Waals surface area contributed by atoms with Crippen LogP contribution < -0.4 is 9.47 Å². The number of nitrogens with zero attached hydrogens (tertiary/aromatic N) is 2. The van der Waals surface area contributed by atoms with Gasteiger partial charge in [-0.2, -0.15) is 10.5 Å². The minimum absolute atomic E-state index is 0.375. The molecule has 1 aromatic rings. The molecule has 0 atom stereocenters. The van der Waals surface area contributed by atoms with Gasteiger partial charge in [-0.25, -0.2) is 0 Å². The summed E-state index contributed by atoms with van der Waals surface area (Å²) in [5.41, 5.74) is 0. The first-order valence-corrected chi connectivity index (χ1v) is 4.96. The second-order valence-electron chi connectivity index (χ2n) is 2.98. The second-order valence-corrected chi connectivity index (χ2v) is 2.98. The van der Waals surface area contributed by atoms with Crippen molar-refractivity contribution in [1.82, 2.24) is 0 Å². The summed E-state index contributed by atoms with van der Waals surface area (Å²) in [6, 6.07) is 11.1. The molecule has 82 valence electrons. The fourth-order valence-corrected chi connectivity index (χ4v) is 1.06. The lowest BCUT2D eigenvalue weighted by Gasteiger charge is -2.06. The van der Waals surface area contributed by atoms with E-state index in [1.54, 1.807) is 24.3 Å². The van der Waals surface area contributed by atoms with Gasteiger partial charge in [-0.1, -0.05) is 0 Å². The molecular weight excluding hydrogens is 204 g/mol. The Hall–Kier alpha value is -2.20. The van der Waals surface area contributed by atoms with Crippen LogP contribution >= 0.6 is 0 Å². The zero-order valence-electron chi connectivity index (χ0n) is 8.85. The molecular formula is C12H12N2O2. The van der Waals surface area contributed by atoms with Gasteiger partial charge in [-0.05, 0) is 24.3 Å². The average molecular weight is 216 g/mol. The first-order valence-electron chi connectivity index (χ1n) is 4.96. The number of ether oxygens (including phenoxy) is 2. The van der Waals surface area contributed by atoms with E-state index >= 15 is 0 Å². The van der Waals surface area contributed by atoms with Crippen LogP contribution in [0.25, 0.3) is 0 Å². The Labute approximate surface area is 94.6 Å². The fourth-order valence-electron chi connectivity index (χ4n) is 1.06. The molecule has 0 heterocycles. The predicted molar refractivity (Wildman–Crippen MR) is 57.9 cm³/mol. The van der Waals surface area contributed by atoms with E-state index in [0.717, 1.165) is 0 Å². The Morgan fingerprint density at radius 2 is 1.19 bits per heavy atom. The summed E-state index contributed by atoms with van der Waals surface area (Å²) in [7, 11) is 0. The van der Waals surface area contributed by atoms with Gasteiger partial charge in [0.05, 0.1) is 25.0 Å². The quantitative estimate of drug-likeness (QED) is 0.684. The maximum Gasteiger partial charge on any atom is 0.119 e. The minimum Gasteiger partial charge on any atom is -0.493 e. The molecule has 0 unspecified atom stereocenters. The third-order valence-electron chi connectivity index (χ3n) is 1.79. The summed E-state index contributed by atoms with van der Waals surface area (Å²) in [5, 5.41) is 16.7. The van der Waals surface area contributed by atoms with Crippen LogP contribution in [0.4, 0.5) is 0 Å². The zero-order valence-corrected chi connectivity index (χ0v) is 8.85. The number of hydrogen-bond acceptors (Lipinski definition) is 4. The van der Waals surface area contributed by atoms with Gasteiger partial charge in [0.1, 0.15) is 24.7 Å². The molecule has 4 nitrogen and oxygen atoms in total. The Kier molecular flexibility index (Phi) is 5.30. The summed E-state index contributed by atoms with van der Waals surface area (Å²) < 4.78 is 10.6. The summed E-state index contributed by atoms with van der Waals surface area (Å²) in [6.45, 7) is 0.788. The molecule has 0 amide bonds. The van der Waals surface area contributed by atoms with Crippen molar-refractivity contribution in [3.8, 4) is 23.6 Å². The lowest BCUT2D eigenvalue weighted by atomic mass is 10.3. The lowest BCUT2D eigenvalue weighted by Crippen LogP contribution is -1.97. The van der Waals surface area contributed by atoms with Gasteiger partial charge in [0.25, 0.3) is 0 Å². The van der Waals surface area contributed by atoms with Crippen LogP contribution in [0.2, 0.25) is 0 Å². The van der Waals surface area contributed by atoms with Gasteiger partial charge in [0, 0.05) is 0 Å². The molecule has 16 heavy (non-hydrogen) atoms. The van der Waals surface area contributed by atoms with Crippen LogP contribution in [0.3, 0.4) is 0 Å². The molecule has 1 aromatic carbocycles. The van der Waals surface area contributed by atoms with E-state index in [2.05, 4.69) is 0 Å². The van der Waals surface area contributed by atoms with Crippen LogP contribution in [0.5, 0.6) is 11.5 Å². The molecule has 0 aliphatic rings. The highest BCUT2D eigenvalue weighted by atomic mass is 16.5. The van der Waals surface area contributed by atoms with Gasteiger partial charge >= 0.3 is 0 Å². The number of nitriles is 2. The Morgan fingerprint density at radius 3 is 1.50 bits per heavy atom. The smallest absolute Gasteiger partial charge is 0.119 e. The maximum atomic E-state index is 8.33. The Bertz CT molecular complexity index is 348. The summed E-state index contributed by atoms with van der Waals surface area (Å²) in [4.78, 5) is 0. The second kappa shape index (κ2) is 7.14. The van der Waals surface area contributed by atoms with Crippen molar-refractivity contribution in [3.63, 3.8) is 0 Å². The molecule has 1 rings (SSSR count). The number of rotatable bonds is 6. The van der Waals surface area contributed by atoms with Crippen molar-refractivity contribution < 1.29 is 9.47 Å². The van der Waals surface area contributed by atoms with Crippen molar-refractivity contribution in [2.24, 2.45) is 0 Å². The largest absolute Gasteiger partial charge is 0.493 e. The molecule has 0 saturated heterocycles. The standard InChI is InChI=1S/C12H12N2O2/c13-7-1-9-15-11-3-5-12(6-4-11)16-10-2-8-14/h3-6H,1-2,9-10H2. The van der Waals surface area contributed by atoms with E-state index in [0.29, 0.717) is 37.6 Å². The fraction of sp³-hybridized carbons (Fsp3) is 0.333. The molecule has 0 N–H and O–H groups in total. The van der Waals surface area contributed by atoms with Crippen LogP contribution in [0.1, 0.15) is 12.8 Å². The van der Waals surface area contributed by atoms with Gasteiger partial charge in [-0.15, -0.1) is 0 Å². The summed E-state index contributed by atoms with van der Waals surface area (Å²) in [5.74, 6) is 1.42. The molecule has 0 aromatic heterocycles. The van der Waals surface area contributed by atoms with E-state index in [4.69, 9.17) is 20.0 Å². The minimum atomic E-state index is 0.375. The molecule has 0 bridgehead atoms. The Balaban J connectivity index is 2.36. The molecule has 0 saturated carbocycles. The first kappa shape index (κ1) is 11.9. The van der Waals surface area contributed by atoms with Crippen molar-refractivity contribution in [1.29, 1.82) is 10.5 Å². The van der Waals surface area contributed by atoms with Crippen molar-refractivity contribution in [3.05, 3.63) is 24.3 Å². The molecule has 4 heteroatoms. The van der Waals surface area contributed by atoms with E-state index in [9.17, 15) is 0 Å². The van der Waals surface area contributed by atoms with E-state index in [-0.39, 0.29) is 0 Å². The van der Waals surface area contributed by atoms with E-state index < -0.39 is 0 Å². The third kappa shape index (κ3) is 4.34. The molecule has 0 aliphatic heterocycles. The Morgan fingerprint density at radius 1 is 0.812 bits per heavy atom. The highest BCUT2D eigenvalue weighted by Crippen LogP contribution is 2.17. The van der Waals surface area contributed by atoms with Crippen molar-refractivity contribution >= 4 is 0 Å². The van der Waals surface area contributed by atoms with Gasteiger partial charge < -0.3 is 9.47 Å². The maximum absolute atomic E-state index is 8.33. The summed E-state index contributed by atoms with van der Waals surface area (Å²) >= 11 is 0. The van der Waals surface area contributed by atoms with E-state index in [1.165, 1.54) is 0 Å². The summed E-state index contributed by atoms with van der Waals surface area (Å²) in [6.07, 6.45) is 0.751. The lowest BCUT2D eigenvalue weighted by molar-refractivity contribution is 0.317. The van der Waals surface area contributed by atoms with Gasteiger partial charge in [-0.3, -0.25) is 0 Å². The SMILES string of the molecule is N#CCCOc1ccc(OCCC#N)cc1. The van der Waals surface area contributed by atoms with Gasteiger partial charge in [0.2, 0.25) is 0 Å². The zero-order chi connectivity index (χ0) is 11.6. The number of benzene rings is 1. The van der Waals surface area contributed by atoms with Crippen LogP contribution in [-0.4, -0.2) is 13.2 Å². The normalized spacial score (nSPS) is 8.88.